The molecule has 0 saturated carbocycles. The van der Waals surface area contributed by atoms with Gasteiger partial charge in [0.2, 0.25) is 5.79 Å². The molecule has 0 rings (SSSR count). The van der Waals surface area contributed by atoms with E-state index < -0.39 is 11.9 Å². The number of nitrogens with two attached hydrogens (primary N) is 1. The molecule has 0 aromatic heterocycles. The van der Waals surface area contributed by atoms with Crippen molar-refractivity contribution in [2.75, 3.05) is 0 Å². The average molecular weight is 261 g/mol. The molecular weight excluding hydrogens is 230 g/mol. The maximum atomic E-state index is 9.80. The number of hydrogen-bond acceptors (Lipinski definition) is 4. The van der Waals surface area contributed by atoms with Crippen molar-refractivity contribution in [3.8, 4) is 0 Å². The predicted octanol–water partition coefficient (Wildman–Crippen LogP) is 2.87. The molecule has 0 radical (unpaired) electrons. The van der Waals surface area contributed by atoms with E-state index in [1.165, 1.54) is 38.5 Å². The first-order valence-corrected chi connectivity index (χ1v) is 7.39. The van der Waals surface area contributed by atoms with Crippen molar-refractivity contribution in [2.45, 2.75) is 89.9 Å². The van der Waals surface area contributed by atoms with Crippen LogP contribution in [0.1, 0.15) is 78.1 Å². The molecule has 0 amide bonds. The summed E-state index contributed by atoms with van der Waals surface area (Å²) in [4.78, 5) is 4.48. The first-order chi connectivity index (χ1) is 8.60. The second-order valence-corrected chi connectivity index (χ2v) is 5.10. The molecule has 4 heteroatoms. The smallest absolute Gasteiger partial charge is 0.210 e. The highest BCUT2D eigenvalue weighted by Crippen LogP contribution is 2.20. The Hall–Kier alpha value is -0.160. The second kappa shape index (κ2) is 10.7. The van der Waals surface area contributed by atoms with Crippen LogP contribution in [0.4, 0.5) is 0 Å². The highest BCUT2D eigenvalue weighted by molar-refractivity contribution is 4.74. The van der Waals surface area contributed by atoms with Gasteiger partial charge in [0.15, 0.2) is 0 Å². The van der Waals surface area contributed by atoms with E-state index in [1.54, 1.807) is 6.92 Å². The van der Waals surface area contributed by atoms with Gasteiger partial charge in [-0.1, -0.05) is 65.2 Å². The Balaban J connectivity index is 3.48. The molecule has 0 saturated heterocycles. The third-order valence-corrected chi connectivity index (χ3v) is 3.56. The van der Waals surface area contributed by atoms with Gasteiger partial charge in [0.1, 0.15) is 6.10 Å². The first-order valence-electron chi connectivity index (χ1n) is 7.39. The fourth-order valence-corrected chi connectivity index (χ4v) is 2.09. The monoisotopic (exact) mass is 261 g/mol. The van der Waals surface area contributed by atoms with Crippen LogP contribution in [0.5, 0.6) is 0 Å². The lowest BCUT2D eigenvalue weighted by Crippen LogP contribution is -2.46. The molecule has 4 N–H and O–H groups in total. The van der Waals surface area contributed by atoms with Crippen LogP contribution in [0, 0.1) is 0 Å². The van der Waals surface area contributed by atoms with Gasteiger partial charge in [-0.25, -0.2) is 5.90 Å². The summed E-state index contributed by atoms with van der Waals surface area (Å²) in [7, 11) is 0. The van der Waals surface area contributed by atoms with Gasteiger partial charge < -0.3 is 10.2 Å². The van der Waals surface area contributed by atoms with Gasteiger partial charge in [-0.05, 0) is 6.42 Å². The first kappa shape index (κ1) is 17.8. The van der Waals surface area contributed by atoms with Crippen molar-refractivity contribution in [3.05, 3.63) is 0 Å². The van der Waals surface area contributed by atoms with Crippen LogP contribution in [0.15, 0.2) is 0 Å². The molecule has 0 aliphatic heterocycles. The van der Waals surface area contributed by atoms with Crippen molar-refractivity contribution in [2.24, 2.45) is 5.90 Å². The molecule has 0 heterocycles. The van der Waals surface area contributed by atoms with E-state index in [2.05, 4.69) is 11.8 Å². The van der Waals surface area contributed by atoms with Crippen LogP contribution >= 0.6 is 0 Å². The van der Waals surface area contributed by atoms with Crippen LogP contribution in [-0.4, -0.2) is 22.1 Å². The molecule has 0 aromatic carbocycles. The lowest BCUT2D eigenvalue weighted by atomic mass is 10.00. The average Bonchev–Trinajstić information content (AvgIpc) is 2.40. The summed E-state index contributed by atoms with van der Waals surface area (Å²) in [5.74, 6) is 3.42. The predicted molar refractivity (Wildman–Crippen MR) is 73.7 cm³/mol. The quantitative estimate of drug-likeness (QED) is 0.287. The summed E-state index contributed by atoms with van der Waals surface area (Å²) < 4.78 is 0. The number of rotatable bonds is 12. The maximum Gasteiger partial charge on any atom is 0.210 e. The number of aliphatic hydroxyl groups excluding tert-OH is 1. The van der Waals surface area contributed by atoms with Gasteiger partial charge in [0.25, 0.3) is 0 Å². The Kier molecular flexibility index (Phi) is 10.6. The maximum absolute atomic E-state index is 9.80. The zero-order valence-electron chi connectivity index (χ0n) is 12.0. The van der Waals surface area contributed by atoms with Crippen molar-refractivity contribution < 1.29 is 15.1 Å². The van der Waals surface area contributed by atoms with E-state index in [0.717, 1.165) is 12.8 Å². The van der Waals surface area contributed by atoms with E-state index >= 15 is 0 Å². The van der Waals surface area contributed by atoms with Gasteiger partial charge in [-0.2, -0.15) is 0 Å². The summed E-state index contributed by atoms with van der Waals surface area (Å²) >= 11 is 0. The standard InChI is InChI=1S/C14H31NO3/c1-3-5-6-7-8-9-10-11-12-13(16)14(17,4-2)18-15/h13,16-17H,3-12,15H2,1-2H3. The van der Waals surface area contributed by atoms with Crippen LogP contribution in [0.25, 0.3) is 0 Å². The van der Waals surface area contributed by atoms with Gasteiger partial charge in [-0.3, -0.25) is 4.84 Å². The molecule has 18 heavy (non-hydrogen) atoms. The van der Waals surface area contributed by atoms with Crippen molar-refractivity contribution in [3.63, 3.8) is 0 Å². The Bertz CT molecular complexity index is 184. The van der Waals surface area contributed by atoms with Gasteiger partial charge in [0, 0.05) is 6.42 Å². The van der Waals surface area contributed by atoms with Crippen molar-refractivity contribution in [1.29, 1.82) is 0 Å². The topological polar surface area (TPSA) is 75.7 Å². The number of aliphatic hydroxyl groups is 2. The molecule has 2 atom stereocenters. The number of unbranched alkanes of at least 4 members (excludes halogenated alkanes) is 7. The van der Waals surface area contributed by atoms with Crippen LogP contribution in [-0.2, 0) is 4.84 Å². The van der Waals surface area contributed by atoms with E-state index in [9.17, 15) is 10.2 Å². The summed E-state index contributed by atoms with van der Waals surface area (Å²) in [6, 6.07) is 0. The zero-order valence-corrected chi connectivity index (χ0v) is 12.0. The molecule has 0 aromatic rings. The van der Waals surface area contributed by atoms with Gasteiger partial charge >= 0.3 is 0 Å². The van der Waals surface area contributed by atoms with Gasteiger partial charge in [-0.15, -0.1) is 0 Å². The molecule has 0 fully saturated rings. The van der Waals surface area contributed by atoms with E-state index in [1.807, 2.05) is 0 Å². The summed E-state index contributed by atoms with van der Waals surface area (Å²) in [5, 5.41) is 19.6. The minimum absolute atomic E-state index is 0.293. The molecule has 0 spiro atoms. The third-order valence-electron chi connectivity index (χ3n) is 3.56. The summed E-state index contributed by atoms with van der Waals surface area (Å²) in [6.45, 7) is 3.96. The highest BCUT2D eigenvalue weighted by Gasteiger charge is 2.33. The summed E-state index contributed by atoms with van der Waals surface area (Å²) in [5.41, 5.74) is 0. The second-order valence-electron chi connectivity index (χ2n) is 5.10. The highest BCUT2D eigenvalue weighted by atomic mass is 16.7. The van der Waals surface area contributed by atoms with Gasteiger partial charge in [0.05, 0.1) is 0 Å². The minimum atomic E-state index is -1.58. The SMILES string of the molecule is CCCCCCCCCCC(O)C(O)(CC)ON. The zero-order chi connectivity index (χ0) is 13.9. The van der Waals surface area contributed by atoms with E-state index in [4.69, 9.17) is 5.90 Å². The normalized spacial score (nSPS) is 16.5. The largest absolute Gasteiger partial charge is 0.387 e. The molecular formula is C14H31NO3. The Morgan fingerprint density at radius 1 is 1.00 bits per heavy atom. The van der Waals surface area contributed by atoms with Crippen molar-refractivity contribution >= 4 is 0 Å². The van der Waals surface area contributed by atoms with E-state index in [-0.39, 0.29) is 0 Å². The van der Waals surface area contributed by atoms with Crippen LogP contribution < -0.4 is 5.90 Å². The van der Waals surface area contributed by atoms with Crippen LogP contribution in [0.3, 0.4) is 0 Å². The molecule has 0 aliphatic carbocycles. The van der Waals surface area contributed by atoms with E-state index in [0.29, 0.717) is 12.8 Å². The Morgan fingerprint density at radius 2 is 1.50 bits per heavy atom. The molecule has 0 aliphatic rings. The minimum Gasteiger partial charge on any atom is -0.387 e. The fraction of sp³-hybridized carbons (Fsp3) is 1.00. The Morgan fingerprint density at radius 3 is 1.94 bits per heavy atom. The molecule has 2 unspecified atom stereocenters. The lowest BCUT2D eigenvalue weighted by Gasteiger charge is -2.29. The van der Waals surface area contributed by atoms with Crippen molar-refractivity contribution in [1.82, 2.24) is 0 Å². The molecule has 0 bridgehead atoms. The Labute approximate surface area is 111 Å². The third kappa shape index (κ3) is 7.31. The molecule has 4 nitrogen and oxygen atoms in total. The summed E-state index contributed by atoms with van der Waals surface area (Å²) in [6.07, 6.45) is 9.64. The number of hydrogen-bond donors (Lipinski definition) is 3. The molecule has 110 valence electrons. The lowest BCUT2D eigenvalue weighted by molar-refractivity contribution is -0.262. The fourth-order valence-electron chi connectivity index (χ4n) is 2.09. The van der Waals surface area contributed by atoms with Crippen LogP contribution in [0.2, 0.25) is 0 Å².